The molecule has 0 spiro atoms. The SMILES string of the molecule is Cc1cc(-c2ccc(O)cc2N)ccc1NSc1cccc2c(N(C)C)cccc12. The van der Waals surface area contributed by atoms with Crippen molar-refractivity contribution in [3.63, 3.8) is 0 Å². The number of nitrogens with two attached hydrogens (primary N) is 1. The van der Waals surface area contributed by atoms with E-state index in [1.54, 1.807) is 24.1 Å². The Morgan fingerprint density at radius 2 is 1.67 bits per heavy atom. The van der Waals surface area contributed by atoms with Gasteiger partial charge in [-0.3, -0.25) is 0 Å². The number of nitrogen functional groups attached to an aromatic ring is 1. The maximum absolute atomic E-state index is 9.59. The van der Waals surface area contributed by atoms with Crippen LogP contribution < -0.4 is 15.4 Å². The number of benzene rings is 4. The van der Waals surface area contributed by atoms with E-state index in [0.29, 0.717) is 5.69 Å². The van der Waals surface area contributed by atoms with Crippen LogP contribution in [0.5, 0.6) is 5.75 Å². The molecule has 4 nitrogen and oxygen atoms in total. The summed E-state index contributed by atoms with van der Waals surface area (Å²) >= 11 is 1.62. The molecule has 0 fully saturated rings. The monoisotopic (exact) mass is 415 g/mol. The third-order valence-electron chi connectivity index (χ3n) is 5.18. The molecule has 152 valence electrons. The molecule has 0 saturated carbocycles. The van der Waals surface area contributed by atoms with Crippen LogP contribution >= 0.6 is 11.9 Å². The molecule has 30 heavy (non-hydrogen) atoms. The van der Waals surface area contributed by atoms with Crippen LogP contribution in [0.25, 0.3) is 21.9 Å². The van der Waals surface area contributed by atoms with Gasteiger partial charge in [0.05, 0.1) is 0 Å². The van der Waals surface area contributed by atoms with Gasteiger partial charge in [0, 0.05) is 53.1 Å². The van der Waals surface area contributed by atoms with Gasteiger partial charge in [-0.25, -0.2) is 0 Å². The van der Waals surface area contributed by atoms with Gasteiger partial charge in [0.15, 0.2) is 0 Å². The molecule has 0 aliphatic heterocycles. The fourth-order valence-electron chi connectivity index (χ4n) is 3.61. The highest BCUT2D eigenvalue weighted by atomic mass is 32.2. The Morgan fingerprint density at radius 3 is 2.40 bits per heavy atom. The second-order valence-electron chi connectivity index (χ2n) is 7.53. The molecule has 0 aliphatic rings. The summed E-state index contributed by atoms with van der Waals surface area (Å²) in [6, 6.07) is 24.1. The van der Waals surface area contributed by atoms with Crippen molar-refractivity contribution in [3.8, 4) is 16.9 Å². The van der Waals surface area contributed by atoms with Gasteiger partial charge in [-0.2, -0.15) is 0 Å². The maximum atomic E-state index is 9.59. The van der Waals surface area contributed by atoms with Gasteiger partial charge < -0.3 is 20.5 Å². The lowest BCUT2D eigenvalue weighted by atomic mass is 10.0. The molecule has 0 atom stereocenters. The number of fused-ring (bicyclic) bond motifs is 1. The minimum atomic E-state index is 0.176. The number of phenolic OH excluding ortho intramolecular Hbond substituents is 1. The van der Waals surface area contributed by atoms with Crippen molar-refractivity contribution in [2.75, 3.05) is 29.5 Å². The van der Waals surface area contributed by atoms with E-state index in [4.69, 9.17) is 5.73 Å². The zero-order valence-corrected chi connectivity index (χ0v) is 18.1. The third-order valence-corrected chi connectivity index (χ3v) is 6.08. The zero-order chi connectivity index (χ0) is 21.3. The quantitative estimate of drug-likeness (QED) is 0.264. The molecule has 0 aromatic heterocycles. The molecular weight excluding hydrogens is 390 g/mol. The lowest BCUT2D eigenvalue weighted by Gasteiger charge is -2.17. The average Bonchev–Trinajstić information content (AvgIpc) is 2.72. The Hall–Kier alpha value is -3.31. The largest absolute Gasteiger partial charge is 0.508 e. The van der Waals surface area contributed by atoms with E-state index in [0.717, 1.165) is 22.4 Å². The predicted octanol–water partition coefficient (Wildman–Crippen LogP) is 6.29. The first-order valence-electron chi connectivity index (χ1n) is 9.75. The van der Waals surface area contributed by atoms with Crippen LogP contribution in [0.4, 0.5) is 17.1 Å². The maximum Gasteiger partial charge on any atom is 0.117 e. The minimum absolute atomic E-state index is 0.176. The van der Waals surface area contributed by atoms with Crippen LogP contribution in [0.15, 0.2) is 77.7 Å². The predicted molar refractivity (Wildman–Crippen MR) is 130 cm³/mol. The van der Waals surface area contributed by atoms with Gasteiger partial charge in [-0.15, -0.1) is 0 Å². The Kier molecular flexibility index (Phi) is 5.46. The van der Waals surface area contributed by atoms with Crippen molar-refractivity contribution in [2.24, 2.45) is 0 Å². The number of hydrogen-bond acceptors (Lipinski definition) is 5. The minimum Gasteiger partial charge on any atom is -0.508 e. The molecule has 5 heteroatoms. The number of nitrogens with one attached hydrogen (secondary N) is 1. The molecule has 0 heterocycles. The van der Waals surface area contributed by atoms with Crippen molar-refractivity contribution in [2.45, 2.75) is 11.8 Å². The molecule has 4 N–H and O–H groups in total. The summed E-state index contributed by atoms with van der Waals surface area (Å²) < 4.78 is 3.50. The summed E-state index contributed by atoms with van der Waals surface area (Å²) in [5.74, 6) is 0.176. The number of nitrogens with zero attached hydrogens (tertiary/aromatic N) is 1. The summed E-state index contributed by atoms with van der Waals surface area (Å²) in [4.78, 5) is 3.32. The Balaban J connectivity index is 1.60. The van der Waals surface area contributed by atoms with Crippen molar-refractivity contribution < 1.29 is 5.11 Å². The molecular formula is C25H25N3OS. The smallest absolute Gasteiger partial charge is 0.117 e. The molecule has 0 unspecified atom stereocenters. The molecule has 4 rings (SSSR count). The molecule has 4 aromatic carbocycles. The Morgan fingerprint density at radius 1 is 0.900 bits per heavy atom. The molecule has 0 amide bonds. The van der Waals surface area contributed by atoms with Crippen LogP contribution in [0.2, 0.25) is 0 Å². The normalized spacial score (nSPS) is 10.9. The lowest BCUT2D eigenvalue weighted by molar-refractivity contribution is 0.476. The molecule has 0 bridgehead atoms. The number of anilines is 3. The fraction of sp³-hybridized carbons (Fsp3) is 0.120. The third kappa shape index (κ3) is 3.89. The van der Waals surface area contributed by atoms with E-state index >= 15 is 0 Å². The summed E-state index contributed by atoms with van der Waals surface area (Å²) in [6.07, 6.45) is 0. The zero-order valence-electron chi connectivity index (χ0n) is 17.3. The van der Waals surface area contributed by atoms with Gasteiger partial charge in [-0.05, 0) is 71.8 Å². The molecule has 0 aliphatic carbocycles. The summed E-state index contributed by atoms with van der Waals surface area (Å²) in [5.41, 5.74) is 12.0. The highest BCUT2D eigenvalue weighted by Gasteiger charge is 2.09. The number of aromatic hydroxyl groups is 1. The van der Waals surface area contributed by atoms with Gasteiger partial charge in [0.2, 0.25) is 0 Å². The van der Waals surface area contributed by atoms with Crippen molar-refractivity contribution in [1.29, 1.82) is 0 Å². The van der Waals surface area contributed by atoms with Gasteiger partial charge in [0.25, 0.3) is 0 Å². The Labute approximate surface area is 181 Å². The van der Waals surface area contributed by atoms with E-state index in [9.17, 15) is 5.11 Å². The van der Waals surface area contributed by atoms with Crippen LogP contribution in [0, 0.1) is 6.92 Å². The summed E-state index contributed by atoms with van der Waals surface area (Å²) in [5, 5.41) is 12.1. The first-order valence-corrected chi connectivity index (χ1v) is 10.6. The standard InChI is InChI=1S/C25H25N3OS/c1-16-14-17(19-12-11-18(29)15-22(19)26)10-13-23(16)27-30-25-9-5-6-20-21(25)7-4-8-24(20)28(2)3/h4-15,27,29H,26H2,1-3H3. The van der Waals surface area contributed by atoms with Crippen LogP contribution in [0.1, 0.15) is 5.56 Å². The number of phenols is 1. The Bertz CT molecular complexity index is 1220. The van der Waals surface area contributed by atoms with Gasteiger partial charge in [0.1, 0.15) is 5.75 Å². The topological polar surface area (TPSA) is 61.5 Å². The molecule has 0 radical (unpaired) electrons. The number of hydrogen-bond donors (Lipinski definition) is 3. The average molecular weight is 416 g/mol. The van der Waals surface area contributed by atoms with E-state index in [-0.39, 0.29) is 5.75 Å². The van der Waals surface area contributed by atoms with Crippen molar-refractivity contribution >= 4 is 39.8 Å². The van der Waals surface area contributed by atoms with E-state index in [1.165, 1.54) is 21.4 Å². The summed E-state index contributed by atoms with van der Waals surface area (Å²) in [7, 11) is 4.14. The number of aryl methyl sites for hydroxylation is 1. The van der Waals surface area contributed by atoms with E-state index in [2.05, 4.69) is 79.2 Å². The van der Waals surface area contributed by atoms with Crippen molar-refractivity contribution in [3.05, 3.63) is 78.4 Å². The second-order valence-corrected chi connectivity index (χ2v) is 8.38. The highest BCUT2D eigenvalue weighted by Crippen LogP contribution is 2.35. The second kappa shape index (κ2) is 8.20. The van der Waals surface area contributed by atoms with Gasteiger partial charge >= 0.3 is 0 Å². The number of rotatable bonds is 5. The lowest BCUT2D eigenvalue weighted by Crippen LogP contribution is -2.08. The van der Waals surface area contributed by atoms with E-state index < -0.39 is 0 Å². The first kappa shape index (κ1) is 20.0. The van der Waals surface area contributed by atoms with Crippen LogP contribution in [0.3, 0.4) is 0 Å². The molecule has 0 saturated heterocycles. The van der Waals surface area contributed by atoms with Crippen LogP contribution in [-0.2, 0) is 0 Å². The molecule has 4 aromatic rings. The highest BCUT2D eigenvalue weighted by molar-refractivity contribution is 8.00. The first-order chi connectivity index (χ1) is 14.4. The van der Waals surface area contributed by atoms with Gasteiger partial charge in [-0.1, -0.05) is 30.3 Å². The fourth-order valence-corrected chi connectivity index (χ4v) is 4.50. The van der Waals surface area contributed by atoms with Crippen molar-refractivity contribution in [1.82, 2.24) is 0 Å². The summed E-state index contributed by atoms with van der Waals surface area (Å²) in [6.45, 7) is 2.08. The van der Waals surface area contributed by atoms with E-state index in [1.807, 2.05) is 12.1 Å². The van der Waals surface area contributed by atoms with Crippen LogP contribution in [-0.4, -0.2) is 19.2 Å².